The first-order valence-electron chi connectivity index (χ1n) is 6.18. The molecule has 3 rings (SSSR count). The van der Waals surface area contributed by atoms with Crippen molar-refractivity contribution >= 4 is 44.1 Å². The molecule has 2 heterocycles. The summed E-state index contributed by atoms with van der Waals surface area (Å²) >= 11 is 3.28. The van der Waals surface area contributed by atoms with Crippen LogP contribution in [0.4, 0.5) is 13.2 Å². The zero-order valence-electron chi connectivity index (χ0n) is 11.3. The minimum Gasteiger partial charge on any atom is -0.493 e. The van der Waals surface area contributed by atoms with Gasteiger partial charge < -0.3 is 5.11 Å². The van der Waals surface area contributed by atoms with Crippen LogP contribution in [0, 0.1) is 0 Å². The van der Waals surface area contributed by atoms with E-state index >= 15 is 0 Å². The number of carbonyl (C=O) groups excluding carboxylic acids is 1. The maximum Gasteiger partial charge on any atom is 0.445 e. The van der Waals surface area contributed by atoms with E-state index in [0.29, 0.717) is 9.00 Å². The Labute approximate surface area is 143 Å². The molecule has 24 heavy (non-hydrogen) atoms. The highest BCUT2D eigenvalue weighted by Crippen LogP contribution is 2.32. The highest BCUT2D eigenvalue weighted by atomic mass is 79.9. The maximum absolute atomic E-state index is 12.7. The van der Waals surface area contributed by atoms with Gasteiger partial charge in [0, 0.05) is 10.1 Å². The van der Waals surface area contributed by atoms with Crippen LogP contribution in [0.3, 0.4) is 0 Å². The molecule has 1 aliphatic rings. The number of nitrogens with zero attached hydrogens (tertiary/aromatic N) is 3. The van der Waals surface area contributed by atoms with Gasteiger partial charge in [0.1, 0.15) is 5.56 Å². The minimum absolute atomic E-state index is 0.0600. The van der Waals surface area contributed by atoms with Crippen LogP contribution in [0.5, 0.6) is 5.88 Å². The first kappa shape index (κ1) is 16.6. The molecule has 1 N–H and O–H groups in total. The van der Waals surface area contributed by atoms with Crippen molar-refractivity contribution in [1.82, 2.24) is 14.6 Å². The summed E-state index contributed by atoms with van der Waals surface area (Å²) in [6.07, 6.45) is 0.441. The Morgan fingerprint density at radius 2 is 2.00 bits per heavy atom. The lowest BCUT2D eigenvalue weighted by Crippen LogP contribution is -2.19. The lowest BCUT2D eigenvalue weighted by Gasteiger charge is -2.04. The first-order chi connectivity index (χ1) is 11.2. The third kappa shape index (κ3) is 2.91. The summed E-state index contributed by atoms with van der Waals surface area (Å²) in [6.45, 7) is 0. The molecular formula is C13H5BrF3N3O3S. The van der Waals surface area contributed by atoms with Crippen molar-refractivity contribution in [1.29, 1.82) is 0 Å². The molecule has 0 amide bonds. The van der Waals surface area contributed by atoms with E-state index in [-0.39, 0.29) is 16.9 Å². The second-order valence-electron chi connectivity index (χ2n) is 4.58. The number of rotatable bonds is 1. The zero-order chi connectivity index (χ0) is 17.6. The van der Waals surface area contributed by atoms with Crippen molar-refractivity contribution in [3.05, 3.63) is 49.2 Å². The summed E-state index contributed by atoms with van der Waals surface area (Å²) in [5.74, 6) is -1.21. The molecule has 2 aromatic rings. The van der Waals surface area contributed by atoms with E-state index in [0.717, 1.165) is 6.08 Å². The molecule has 0 saturated carbocycles. The molecule has 0 bridgehead atoms. The Hall–Kier alpha value is -2.27. The van der Waals surface area contributed by atoms with Gasteiger partial charge in [-0.25, -0.2) is 0 Å². The SMILES string of the molecule is O=C1C=CC(Br)=C/C1=C\c1c(O)nc2sc(C(F)(F)F)nn2c1=O. The third-order valence-electron chi connectivity index (χ3n) is 2.94. The normalized spacial score (nSPS) is 16.9. The van der Waals surface area contributed by atoms with Gasteiger partial charge in [0.15, 0.2) is 5.78 Å². The number of hydrogen-bond donors (Lipinski definition) is 1. The molecule has 2 aromatic heterocycles. The Balaban J connectivity index is 2.21. The zero-order valence-corrected chi connectivity index (χ0v) is 13.7. The van der Waals surface area contributed by atoms with Crippen LogP contribution in [-0.2, 0) is 11.0 Å². The van der Waals surface area contributed by atoms with E-state index in [2.05, 4.69) is 26.0 Å². The molecule has 0 saturated heterocycles. The number of fused-ring (bicyclic) bond motifs is 1. The highest BCUT2D eigenvalue weighted by Gasteiger charge is 2.36. The molecule has 0 radical (unpaired) electrons. The number of alkyl halides is 3. The molecule has 0 unspecified atom stereocenters. The molecule has 124 valence electrons. The first-order valence-corrected chi connectivity index (χ1v) is 7.79. The highest BCUT2D eigenvalue weighted by molar-refractivity contribution is 9.11. The van der Waals surface area contributed by atoms with Crippen LogP contribution in [0.1, 0.15) is 10.6 Å². The van der Waals surface area contributed by atoms with Crippen LogP contribution in [-0.4, -0.2) is 25.5 Å². The summed E-state index contributed by atoms with van der Waals surface area (Å²) in [4.78, 5) is 27.2. The Bertz CT molecular complexity index is 1020. The van der Waals surface area contributed by atoms with Crippen LogP contribution >= 0.6 is 27.3 Å². The molecule has 11 heteroatoms. The van der Waals surface area contributed by atoms with Gasteiger partial charge in [-0.2, -0.15) is 22.7 Å². The van der Waals surface area contributed by atoms with Crippen molar-refractivity contribution in [2.24, 2.45) is 0 Å². The number of allylic oxidation sites excluding steroid dienone is 5. The standard InChI is InChI=1S/C13H5BrF3N3O3S/c14-6-1-2-8(21)5(3-6)4-7-9(22)18-12-20(10(7)23)19-11(24-12)13(15,16)17/h1-4,22H/b5-4+. The second-order valence-corrected chi connectivity index (χ2v) is 6.45. The number of hydrogen-bond acceptors (Lipinski definition) is 6. The van der Waals surface area contributed by atoms with Crippen molar-refractivity contribution in [2.75, 3.05) is 0 Å². The lowest BCUT2D eigenvalue weighted by molar-refractivity contribution is -0.138. The van der Waals surface area contributed by atoms with Crippen molar-refractivity contribution in [3.8, 4) is 5.88 Å². The van der Waals surface area contributed by atoms with Gasteiger partial charge in [0.05, 0.1) is 0 Å². The summed E-state index contributed by atoms with van der Waals surface area (Å²) in [5.41, 5.74) is -1.38. The summed E-state index contributed by atoms with van der Waals surface area (Å²) < 4.78 is 39.1. The predicted octanol–water partition coefficient (Wildman–Crippen LogP) is 2.68. The molecule has 6 nitrogen and oxygen atoms in total. The van der Waals surface area contributed by atoms with Crippen LogP contribution in [0.2, 0.25) is 0 Å². The monoisotopic (exact) mass is 419 g/mol. The average Bonchev–Trinajstić information content (AvgIpc) is 2.91. The Kier molecular flexibility index (Phi) is 3.92. The molecule has 0 fully saturated rings. The lowest BCUT2D eigenvalue weighted by atomic mass is 10.0. The van der Waals surface area contributed by atoms with Gasteiger partial charge in [-0.05, 0) is 24.3 Å². The quantitative estimate of drug-likeness (QED) is 0.718. The van der Waals surface area contributed by atoms with Gasteiger partial charge in [-0.3, -0.25) is 9.59 Å². The number of aromatic hydroxyl groups is 1. The number of ketones is 1. The molecule has 0 atom stereocenters. The van der Waals surface area contributed by atoms with E-state index < -0.39 is 38.9 Å². The van der Waals surface area contributed by atoms with Gasteiger partial charge in [0.25, 0.3) is 5.56 Å². The van der Waals surface area contributed by atoms with Gasteiger partial charge in [-0.1, -0.05) is 27.3 Å². The van der Waals surface area contributed by atoms with Crippen molar-refractivity contribution < 1.29 is 23.1 Å². The van der Waals surface area contributed by atoms with E-state index in [1.54, 1.807) is 0 Å². The van der Waals surface area contributed by atoms with E-state index in [4.69, 9.17) is 0 Å². The molecular weight excluding hydrogens is 415 g/mol. The molecule has 0 aliphatic heterocycles. The maximum atomic E-state index is 12.7. The van der Waals surface area contributed by atoms with E-state index in [1.807, 2.05) is 0 Å². The van der Waals surface area contributed by atoms with Crippen LogP contribution in [0.15, 0.2) is 33.1 Å². The topological polar surface area (TPSA) is 84.6 Å². The molecule has 0 aromatic carbocycles. The fourth-order valence-electron chi connectivity index (χ4n) is 1.88. The van der Waals surface area contributed by atoms with Crippen LogP contribution < -0.4 is 5.56 Å². The predicted molar refractivity (Wildman–Crippen MR) is 82.9 cm³/mol. The van der Waals surface area contributed by atoms with E-state index in [1.165, 1.54) is 18.2 Å². The minimum atomic E-state index is -4.74. The van der Waals surface area contributed by atoms with Gasteiger partial charge in [0.2, 0.25) is 15.8 Å². The smallest absolute Gasteiger partial charge is 0.445 e. The Morgan fingerprint density at radius 3 is 2.67 bits per heavy atom. The largest absolute Gasteiger partial charge is 0.493 e. The summed E-state index contributed by atoms with van der Waals surface area (Å²) in [7, 11) is 0. The Morgan fingerprint density at radius 1 is 1.29 bits per heavy atom. The van der Waals surface area contributed by atoms with Gasteiger partial charge in [-0.15, -0.1) is 5.10 Å². The molecule has 1 aliphatic carbocycles. The number of carbonyl (C=O) groups is 1. The van der Waals surface area contributed by atoms with Crippen LogP contribution in [0.25, 0.3) is 11.0 Å². The average molecular weight is 420 g/mol. The fourth-order valence-corrected chi connectivity index (χ4v) is 3.01. The van der Waals surface area contributed by atoms with Crippen molar-refractivity contribution in [3.63, 3.8) is 0 Å². The summed E-state index contributed by atoms with van der Waals surface area (Å²) in [6, 6.07) is 0. The molecule has 0 spiro atoms. The number of halogens is 4. The van der Waals surface area contributed by atoms with E-state index in [9.17, 15) is 27.9 Å². The third-order valence-corrected chi connectivity index (χ3v) is 4.39. The van der Waals surface area contributed by atoms with Gasteiger partial charge >= 0.3 is 6.18 Å². The number of aromatic nitrogens is 3. The second kappa shape index (κ2) is 5.67. The fraction of sp³-hybridized carbons (Fsp3) is 0.0769. The van der Waals surface area contributed by atoms with Crippen molar-refractivity contribution in [2.45, 2.75) is 6.18 Å². The summed E-state index contributed by atoms with van der Waals surface area (Å²) in [5, 5.41) is 11.8.